The van der Waals surface area contributed by atoms with Gasteiger partial charge in [-0.25, -0.2) is 19.9 Å². The molecule has 1 aliphatic rings. The van der Waals surface area contributed by atoms with Crippen molar-refractivity contribution in [2.45, 2.75) is 25.9 Å². The number of amides is 1. The largest absolute Gasteiger partial charge is 0.442 e. The lowest BCUT2D eigenvalue weighted by molar-refractivity contribution is -0.142. The van der Waals surface area contributed by atoms with Crippen molar-refractivity contribution in [3.05, 3.63) is 83.0 Å². The summed E-state index contributed by atoms with van der Waals surface area (Å²) in [5.74, 6) is 0.132. The monoisotopic (exact) mass is 640 g/mol. The number of nitrogens with one attached hydrogen (secondary N) is 2. The minimum atomic E-state index is -4.74. The van der Waals surface area contributed by atoms with Gasteiger partial charge in [-0.15, -0.1) is 0 Å². The number of rotatable bonds is 8. The first-order valence-corrected chi connectivity index (χ1v) is 13.9. The number of hydrogen-bond acceptors (Lipinski definition) is 10. The predicted octanol–water partition coefficient (Wildman–Crippen LogP) is 3.70. The second-order valence-corrected chi connectivity index (χ2v) is 10.5. The Kier molecular flexibility index (Phi) is 8.07. The summed E-state index contributed by atoms with van der Waals surface area (Å²) in [5, 5.41) is 10.1. The molecule has 1 aromatic carbocycles. The molecular weight excluding hydrogens is 617 g/mol. The number of ether oxygens (including phenoxy) is 1. The number of hydrogen-bond donors (Lipinski definition) is 2. The second kappa shape index (κ2) is 12.1. The van der Waals surface area contributed by atoms with Gasteiger partial charge in [-0.3, -0.25) is 18.7 Å². The predicted molar refractivity (Wildman–Crippen MR) is 155 cm³/mol. The zero-order valence-corrected chi connectivity index (χ0v) is 24.2. The Morgan fingerprint density at radius 3 is 2.73 bits per heavy atom. The van der Waals surface area contributed by atoms with Crippen LogP contribution in [0.25, 0.3) is 16.9 Å². The Morgan fingerprint density at radius 1 is 1.20 bits per heavy atom. The average molecular weight is 641 g/mol. The van der Waals surface area contributed by atoms with E-state index in [4.69, 9.17) is 16.3 Å². The number of aromatic nitrogens is 7. The van der Waals surface area contributed by atoms with Crippen LogP contribution in [0.1, 0.15) is 27.4 Å². The molecular formula is C28H24ClF3N10O3. The number of alkyl halides is 3. The molecule has 13 nitrogen and oxygen atoms in total. The lowest BCUT2D eigenvalue weighted by Gasteiger charge is -2.34. The fourth-order valence-electron chi connectivity index (χ4n) is 4.91. The number of halogens is 4. The number of carbonyl (C=O) groups excluding carboxylic acids is 2. The summed E-state index contributed by atoms with van der Waals surface area (Å²) in [5.41, 5.74) is 0.577. The third-order valence-electron chi connectivity index (χ3n) is 7.00. The van der Waals surface area contributed by atoms with Crippen LogP contribution in [0, 0.1) is 6.92 Å². The molecule has 1 saturated heterocycles. The van der Waals surface area contributed by atoms with Gasteiger partial charge in [0, 0.05) is 49.8 Å². The van der Waals surface area contributed by atoms with E-state index < -0.39 is 24.0 Å². The molecule has 17 heteroatoms. The summed E-state index contributed by atoms with van der Waals surface area (Å²) in [6.07, 6.45) is 3.13. The number of anilines is 2. The van der Waals surface area contributed by atoms with Crippen LogP contribution in [0.3, 0.4) is 0 Å². The molecule has 1 fully saturated rings. The number of fused-ring (bicyclic) bond motifs is 1. The van der Waals surface area contributed by atoms with E-state index in [1.54, 1.807) is 18.5 Å². The molecule has 0 spiro atoms. The zero-order chi connectivity index (χ0) is 31.7. The molecule has 4 aromatic heterocycles. The van der Waals surface area contributed by atoms with Crippen LogP contribution in [0.15, 0.2) is 55.4 Å². The Balaban J connectivity index is 1.28. The molecule has 1 atom stereocenters. The first kappa shape index (κ1) is 30.0. The smallest absolute Gasteiger partial charge is 0.435 e. The van der Waals surface area contributed by atoms with Gasteiger partial charge in [0.1, 0.15) is 12.4 Å². The number of nitrogens with zero attached hydrogens (tertiary/aromatic N) is 8. The second-order valence-electron chi connectivity index (χ2n) is 10.1. The van der Waals surface area contributed by atoms with E-state index >= 15 is 0 Å². The van der Waals surface area contributed by atoms with Crippen LogP contribution < -0.4 is 10.6 Å². The van der Waals surface area contributed by atoms with Crippen LogP contribution in [-0.4, -0.2) is 77.3 Å². The van der Waals surface area contributed by atoms with E-state index in [1.165, 1.54) is 46.2 Å². The molecule has 1 amide bonds. The van der Waals surface area contributed by atoms with Crippen LogP contribution in [0.5, 0.6) is 0 Å². The number of benzene rings is 1. The lowest BCUT2D eigenvalue weighted by Crippen LogP contribution is -2.54. The average Bonchev–Trinajstić information content (AvgIpc) is 3.64. The molecule has 0 aliphatic carbocycles. The van der Waals surface area contributed by atoms with Crippen molar-refractivity contribution < 1.29 is 27.5 Å². The molecule has 0 saturated carbocycles. The van der Waals surface area contributed by atoms with Crippen molar-refractivity contribution >= 4 is 41.1 Å². The molecule has 232 valence electrons. The SMILES string of the molecule is Cc1cnc(Cn2cc(-c3cnc4c(Nc5ccc(C(=O)N6CCNCC6OC=O)c(Cl)c5)nccn34)c(C(F)(F)F)n2)nc1. The molecule has 0 radical (unpaired) electrons. The number of aryl methyl sites for hydroxylation is 1. The molecule has 1 aliphatic heterocycles. The minimum Gasteiger partial charge on any atom is -0.442 e. The standard InChI is InChI=1S/C28H24ClF3N10O3/c1-16-9-35-22(36-10-16)14-40-13-19(24(39-40)28(30,31)32)21-11-37-26-25(34-5-7-41(21)26)38-17-2-3-18(20(29)8-17)27(44)42-6-4-33-12-23(42)45-15-43/h2-3,5,7-11,13,15,23,33H,4,6,12,14H2,1H3,(H,34,38). The van der Waals surface area contributed by atoms with E-state index in [2.05, 4.69) is 35.7 Å². The van der Waals surface area contributed by atoms with Gasteiger partial charge in [0.05, 0.1) is 34.6 Å². The first-order valence-electron chi connectivity index (χ1n) is 13.5. The molecule has 45 heavy (non-hydrogen) atoms. The highest BCUT2D eigenvalue weighted by molar-refractivity contribution is 6.34. The summed E-state index contributed by atoms with van der Waals surface area (Å²) < 4.78 is 49.9. The van der Waals surface area contributed by atoms with Gasteiger partial charge in [-0.05, 0) is 30.7 Å². The number of imidazole rings is 1. The van der Waals surface area contributed by atoms with Crippen LogP contribution in [0.4, 0.5) is 24.7 Å². The van der Waals surface area contributed by atoms with Gasteiger partial charge >= 0.3 is 6.18 Å². The zero-order valence-electron chi connectivity index (χ0n) is 23.5. The number of carbonyl (C=O) groups is 2. The maximum absolute atomic E-state index is 14.1. The van der Waals surface area contributed by atoms with Gasteiger partial charge in [0.25, 0.3) is 12.4 Å². The van der Waals surface area contributed by atoms with Crippen LogP contribution >= 0.6 is 11.6 Å². The number of piperazine rings is 1. The highest BCUT2D eigenvalue weighted by Crippen LogP contribution is 2.37. The Hall–Kier alpha value is -5.09. The van der Waals surface area contributed by atoms with Crippen LogP contribution in [0.2, 0.25) is 5.02 Å². The molecule has 5 heterocycles. The summed E-state index contributed by atoms with van der Waals surface area (Å²) in [7, 11) is 0. The van der Waals surface area contributed by atoms with Crippen molar-refractivity contribution in [2.24, 2.45) is 0 Å². The Bertz CT molecular complexity index is 1880. The molecule has 6 rings (SSSR count). The van der Waals surface area contributed by atoms with Gasteiger partial charge < -0.3 is 20.3 Å². The fraction of sp³-hybridized carbons (Fsp3) is 0.250. The van der Waals surface area contributed by atoms with Gasteiger partial charge in [-0.2, -0.15) is 18.3 Å². The molecule has 2 N–H and O–H groups in total. The normalized spacial score (nSPS) is 15.3. The molecule has 5 aromatic rings. The highest BCUT2D eigenvalue weighted by atomic mass is 35.5. The van der Waals surface area contributed by atoms with E-state index in [0.29, 0.717) is 24.6 Å². The Labute approximate surface area is 258 Å². The fourth-order valence-corrected chi connectivity index (χ4v) is 5.17. The van der Waals surface area contributed by atoms with Gasteiger partial charge in [0.15, 0.2) is 23.4 Å². The summed E-state index contributed by atoms with van der Waals surface area (Å²) in [6, 6.07) is 4.64. The maximum atomic E-state index is 14.1. The Morgan fingerprint density at radius 2 is 2.00 bits per heavy atom. The maximum Gasteiger partial charge on any atom is 0.435 e. The van der Waals surface area contributed by atoms with Crippen molar-refractivity contribution in [3.8, 4) is 11.3 Å². The first-order chi connectivity index (χ1) is 21.6. The topological polar surface area (TPSA) is 144 Å². The van der Waals surface area contributed by atoms with Gasteiger partial charge in [-0.1, -0.05) is 11.6 Å². The minimum absolute atomic E-state index is 0.0624. The van der Waals surface area contributed by atoms with E-state index in [1.807, 2.05) is 6.92 Å². The van der Waals surface area contributed by atoms with E-state index in [0.717, 1.165) is 10.2 Å². The quantitative estimate of drug-likeness (QED) is 0.241. The molecule has 0 bridgehead atoms. The summed E-state index contributed by atoms with van der Waals surface area (Å²) in [6.45, 7) is 3.16. The van der Waals surface area contributed by atoms with Crippen molar-refractivity contribution in [2.75, 3.05) is 25.0 Å². The highest BCUT2D eigenvalue weighted by Gasteiger charge is 2.38. The van der Waals surface area contributed by atoms with Gasteiger partial charge in [0.2, 0.25) is 0 Å². The van der Waals surface area contributed by atoms with E-state index in [9.17, 15) is 22.8 Å². The summed E-state index contributed by atoms with van der Waals surface area (Å²) in [4.78, 5) is 42.4. The third kappa shape index (κ3) is 6.14. The van der Waals surface area contributed by atoms with Crippen molar-refractivity contribution in [1.82, 2.24) is 44.3 Å². The molecule has 1 unspecified atom stereocenters. The third-order valence-corrected chi connectivity index (χ3v) is 7.32. The van der Waals surface area contributed by atoms with E-state index in [-0.39, 0.29) is 52.9 Å². The lowest BCUT2D eigenvalue weighted by atomic mass is 10.1. The van der Waals surface area contributed by atoms with Crippen LogP contribution in [-0.2, 0) is 22.3 Å². The van der Waals surface area contributed by atoms with Crippen molar-refractivity contribution in [3.63, 3.8) is 0 Å². The summed E-state index contributed by atoms with van der Waals surface area (Å²) >= 11 is 6.49. The van der Waals surface area contributed by atoms with Crippen molar-refractivity contribution in [1.29, 1.82) is 0 Å².